The van der Waals surface area contributed by atoms with Gasteiger partial charge in [0, 0.05) is 28.2 Å². The first-order valence-electron chi connectivity index (χ1n) is 8.60. The van der Waals surface area contributed by atoms with Crippen molar-refractivity contribution in [3.8, 4) is 5.75 Å². The van der Waals surface area contributed by atoms with E-state index in [1.165, 1.54) is 0 Å². The predicted molar refractivity (Wildman–Crippen MR) is 112 cm³/mol. The number of aryl methyl sites for hydroxylation is 1. The number of rotatable bonds is 7. The normalized spacial score (nSPS) is 11.7. The molecule has 1 heterocycles. The SMILES string of the molecule is COc1ccc(C(O)CNC(=O)Nc2ccc(Sc3nc(C)cs3)cc2)cc1. The first kappa shape index (κ1) is 20.2. The molecule has 2 aromatic carbocycles. The average molecular weight is 416 g/mol. The Kier molecular flexibility index (Phi) is 6.91. The summed E-state index contributed by atoms with van der Waals surface area (Å²) in [6.45, 7) is 2.08. The van der Waals surface area contributed by atoms with Gasteiger partial charge in [-0.15, -0.1) is 11.3 Å². The number of carbonyl (C=O) groups excluding carboxylic acids is 1. The van der Waals surface area contributed by atoms with Gasteiger partial charge in [-0.3, -0.25) is 0 Å². The Hall–Kier alpha value is -2.55. The van der Waals surface area contributed by atoms with E-state index in [2.05, 4.69) is 15.6 Å². The van der Waals surface area contributed by atoms with E-state index in [1.807, 2.05) is 36.6 Å². The van der Waals surface area contributed by atoms with E-state index in [0.29, 0.717) is 17.0 Å². The Morgan fingerprint density at radius 3 is 2.54 bits per heavy atom. The molecular weight excluding hydrogens is 394 g/mol. The first-order chi connectivity index (χ1) is 13.5. The van der Waals surface area contributed by atoms with Gasteiger partial charge in [0.05, 0.1) is 13.2 Å². The highest BCUT2D eigenvalue weighted by molar-refractivity contribution is 8.01. The van der Waals surface area contributed by atoms with Gasteiger partial charge in [-0.1, -0.05) is 23.9 Å². The molecule has 0 aliphatic heterocycles. The van der Waals surface area contributed by atoms with Crippen LogP contribution in [0.1, 0.15) is 17.4 Å². The summed E-state index contributed by atoms with van der Waals surface area (Å²) in [5, 5.41) is 17.6. The lowest BCUT2D eigenvalue weighted by Gasteiger charge is -2.13. The molecule has 1 aromatic heterocycles. The Morgan fingerprint density at radius 1 is 1.21 bits per heavy atom. The molecule has 0 saturated carbocycles. The number of amides is 2. The van der Waals surface area contributed by atoms with Gasteiger partial charge in [0.2, 0.25) is 0 Å². The average Bonchev–Trinajstić information content (AvgIpc) is 3.12. The summed E-state index contributed by atoms with van der Waals surface area (Å²) in [5.74, 6) is 0.716. The lowest BCUT2D eigenvalue weighted by molar-refractivity contribution is 0.175. The molecule has 0 aliphatic rings. The minimum Gasteiger partial charge on any atom is -0.497 e. The zero-order valence-corrected chi connectivity index (χ0v) is 17.1. The molecular formula is C20H21N3O3S2. The third-order valence-electron chi connectivity index (χ3n) is 3.87. The smallest absolute Gasteiger partial charge is 0.319 e. The maximum absolute atomic E-state index is 12.1. The van der Waals surface area contributed by atoms with Crippen molar-refractivity contribution in [1.29, 1.82) is 0 Å². The minimum absolute atomic E-state index is 0.107. The van der Waals surface area contributed by atoms with Gasteiger partial charge in [-0.05, 0) is 48.9 Å². The Labute approximate surface area is 172 Å². The number of carbonyl (C=O) groups is 1. The molecule has 3 N–H and O–H groups in total. The van der Waals surface area contributed by atoms with Gasteiger partial charge >= 0.3 is 6.03 Å². The van der Waals surface area contributed by atoms with E-state index >= 15 is 0 Å². The number of ether oxygens (including phenoxy) is 1. The number of nitrogens with zero attached hydrogens (tertiary/aromatic N) is 1. The van der Waals surface area contributed by atoms with Gasteiger partial charge in [0.1, 0.15) is 5.75 Å². The second-order valence-electron chi connectivity index (χ2n) is 6.01. The van der Waals surface area contributed by atoms with E-state index in [9.17, 15) is 9.90 Å². The summed E-state index contributed by atoms with van der Waals surface area (Å²) < 4.78 is 6.08. The zero-order valence-electron chi connectivity index (χ0n) is 15.5. The highest BCUT2D eigenvalue weighted by Gasteiger charge is 2.10. The number of aliphatic hydroxyl groups is 1. The third-order valence-corrected chi connectivity index (χ3v) is 5.94. The van der Waals surface area contributed by atoms with Crippen LogP contribution in [-0.2, 0) is 0 Å². The molecule has 0 aliphatic carbocycles. The Bertz CT molecular complexity index is 911. The van der Waals surface area contributed by atoms with Crippen LogP contribution < -0.4 is 15.4 Å². The van der Waals surface area contributed by atoms with E-state index in [4.69, 9.17) is 4.74 Å². The number of benzene rings is 2. The topological polar surface area (TPSA) is 83.5 Å². The molecule has 3 aromatic rings. The Morgan fingerprint density at radius 2 is 1.93 bits per heavy atom. The van der Waals surface area contributed by atoms with Gasteiger partial charge in [0.15, 0.2) is 4.34 Å². The molecule has 146 valence electrons. The number of anilines is 1. The van der Waals surface area contributed by atoms with Crippen molar-refractivity contribution in [1.82, 2.24) is 10.3 Å². The van der Waals surface area contributed by atoms with Crippen molar-refractivity contribution < 1.29 is 14.6 Å². The number of hydrogen-bond donors (Lipinski definition) is 3. The molecule has 28 heavy (non-hydrogen) atoms. The number of methoxy groups -OCH3 is 1. The molecule has 6 nitrogen and oxygen atoms in total. The molecule has 0 spiro atoms. The summed E-state index contributed by atoms with van der Waals surface area (Å²) >= 11 is 3.20. The number of aliphatic hydroxyl groups excluding tert-OH is 1. The van der Waals surface area contributed by atoms with Crippen LogP contribution in [0.5, 0.6) is 5.75 Å². The highest BCUT2D eigenvalue weighted by atomic mass is 32.2. The summed E-state index contributed by atoms with van der Waals surface area (Å²) in [7, 11) is 1.59. The van der Waals surface area contributed by atoms with E-state index < -0.39 is 6.10 Å². The van der Waals surface area contributed by atoms with Gasteiger partial charge < -0.3 is 20.5 Å². The summed E-state index contributed by atoms with van der Waals surface area (Å²) in [4.78, 5) is 17.5. The summed E-state index contributed by atoms with van der Waals surface area (Å²) in [5.41, 5.74) is 2.40. The number of aromatic nitrogens is 1. The lowest BCUT2D eigenvalue weighted by atomic mass is 10.1. The molecule has 2 amide bonds. The van der Waals surface area contributed by atoms with Crippen LogP contribution in [-0.4, -0.2) is 29.8 Å². The third kappa shape index (κ3) is 5.72. The molecule has 1 atom stereocenters. The van der Waals surface area contributed by atoms with Crippen molar-refractivity contribution in [2.75, 3.05) is 19.0 Å². The van der Waals surface area contributed by atoms with Gasteiger partial charge in [-0.2, -0.15) is 0 Å². The van der Waals surface area contributed by atoms with Crippen LogP contribution in [0.4, 0.5) is 10.5 Å². The molecule has 0 saturated heterocycles. The number of urea groups is 1. The second-order valence-corrected chi connectivity index (χ2v) is 8.18. The van der Waals surface area contributed by atoms with Crippen molar-refractivity contribution in [3.63, 3.8) is 0 Å². The predicted octanol–water partition coefficient (Wildman–Crippen LogP) is 4.47. The molecule has 3 rings (SSSR count). The standard InChI is InChI=1S/C20H21N3O3S2/c1-13-12-27-20(22-13)28-17-9-5-15(6-10-17)23-19(25)21-11-18(24)14-3-7-16(26-2)8-4-14/h3-10,12,18,24H,11H2,1-2H3,(H2,21,23,25). The monoisotopic (exact) mass is 415 g/mol. The minimum atomic E-state index is -0.794. The van der Waals surface area contributed by atoms with Crippen LogP contribution >= 0.6 is 23.1 Å². The fourth-order valence-electron chi connectivity index (χ4n) is 2.39. The van der Waals surface area contributed by atoms with Crippen LogP contribution in [0.3, 0.4) is 0 Å². The lowest BCUT2D eigenvalue weighted by Crippen LogP contribution is -2.32. The van der Waals surface area contributed by atoms with E-state index in [-0.39, 0.29) is 12.6 Å². The molecule has 1 unspecified atom stereocenters. The summed E-state index contributed by atoms with van der Waals surface area (Å²) in [6.07, 6.45) is -0.794. The van der Waals surface area contributed by atoms with Crippen molar-refractivity contribution in [3.05, 3.63) is 65.2 Å². The fraction of sp³-hybridized carbons (Fsp3) is 0.200. The zero-order chi connectivity index (χ0) is 19.9. The first-order valence-corrected chi connectivity index (χ1v) is 10.3. The van der Waals surface area contributed by atoms with Crippen LogP contribution in [0.25, 0.3) is 0 Å². The number of nitrogens with one attached hydrogen (secondary N) is 2. The quantitative estimate of drug-likeness (QED) is 0.530. The highest BCUT2D eigenvalue weighted by Crippen LogP contribution is 2.30. The number of thiazole rings is 1. The van der Waals surface area contributed by atoms with Crippen LogP contribution in [0.2, 0.25) is 0 Å². The van der Waals surface area contributed by atoms with Crippen LogP contribution in [0, 0.1) is 6.92 Å². The number of hydrogen-bond acceptors (Lipinski definition) is 6. The fourth-order valence-corrected chi connectivity index (χ4v) is 4.20. The second kappa shape index (κ2) is 9.59. The molecule has 0 radical (unpaired) electrons. The van der Waals surface area contributed by atoms with Gasteiger partial charge in [-0.25, -0.2) is 9.78 Å². The molecule has 0 bridgehead atoms. The van der Waals surface area contributed by atoms with E-state index in [0.717, 1.165) is 14.9 Å². The van der Waals surface area contributed by atoms with E-state index in [1.54, 1.807) is 54.5 Å². The molecule has 8 heteroatoms. The maximum Gasteiger partial charge on any atom is 0.319 e. The largest absolute Gasteiger partial charge is 0.497 e. The van der Waals surface area contributed by atoms with Crippen molar-refractivity contribution in [2.45, 2.75) is 22.3 Å². The van der Waals surface area contributed by atoms with Crippen LogP contribution in [0.15, 0.2) is 63.1 Å². The van der Waals surface area contributed by atoms with Gasteiger partial charge in [0.25, 0.3) is 0 Å². The Balaban J connectivity index is 1.47. The van der Waals surface area contributed by atoms with Crippen molar-refractivity contribution in [2.24, 2.45) is 0 Å². The van der Waals surface area contributed by atoms with Crippen molar-refractivity contribution >= 4 is 34.8 Å². The maximum atomic E-state index is 12.1. The molecule has 0 fully saturated rings. The summed E-state index contributed by atoms with van der Waals surface area (Å²) in [6, 6.07) is 14.2.